The Bertz CT molecular complexity index is 929. The number of hydrogen-bond donors (Lipinski definition) is 1. The van der Waals surface area contributed by atoms with Crippen LogP contribution in [0, 0.1) is 0 Å². The van der Waals surface area contributed by atoms with Crippen LogP contribution in [0.5, 0.6) is 0 Å². The molecule has 1 N–H and O–H groups in total. The number of fused-ring (bicyclic) bond motifs is 1. The van der Waals surface area contributed by atoms with Crippen LogP contribution < -0.4 is 0 Å². The maximum absolute atomic E-state index is 10.6. The molecule has 6 heteroatoms. The van der Waals surface area contributed by atoms with Gasteiger partial charge in [0.25, 0.3) is 0 Å². The van der Waals surface area contributed by atoms with Gasteiger partial charge in [0.05, 0.1) is 17.8 Å². The standard InChI is InChI=1S/C20H18Cl2N2OS/c1-24(10-14-11-26-20(23-14)12-5-3-2-4-6-12)19-16-7-13(21)8-17(22)15(16)9-18(19)25/h2-8,11,18-19,25H,9-10H2,1H3. The predicted octanol–water partition coefficient (Wildman–Crippen LogP) is 5.21. The van der Waals surface area contributed by atoms with Gasteiger partial charge in [-0.05, 0) is 30.3 Å². The summed E-state index contributed by atoms with van der Waals surface area (Å²) in [6.45, 7) is 0.647. The number of halogens is 2. The summed E-state index contributed by atoms with van der Waals surface area (Å²) in [7, 11) is 2.00. The van der Waals surface area contributed by atoms with Crippen LogP contribution in [0.4, 0.5) is 0 Å². The van der Waals surface area contributed by atoms with E-state index >= 15 is 0 Å². The molecule has 1 aromatic heterocycles. The van der Waals surface area contributed by atoms with Crippen molar-refractivity contribution in [2.75, 3.05) is 7.05 Å². The Kier molecular flexibility index (Phi) is 5.04. The van der Waals surface area contributed by atoms with Gasteiger partial charge in [-0.15, -0.1) is 11.3 Å². The quantitative estimate of drug-likeness (QED) is 0.648. The van der Waals surface area contributed by atoms with E-state index < -0.39 is 6.10 Å². The Labute approximate surface area is 166 Å². The van der Waals surface area contributed by atoms with Gasteiger partial charge in [0, 0.05) is 34.0 Å². The minimum Gasteiger partial charge on any atom is -0.391 e. The second kappa shape index (κ2) is 7.29. The molecule has 3 aromatic rings. The Morgan fingerprint density at radius 1 is 1.23 bits per heavy atom. The fourth-order valence-electron chi connectivity index (χ4n) is 3.61. The van der Waals surface area contributed by atoms with Gasteiger partial charge in [0.2, 0.25) is 0 Å². The molecule has 0 amide bonds. The lowest BCUT2D eigenvalue weighted by Crippen LogP contribution is -2.30. The second-order valence-corrected chi connectivity index (χ2v) is 8.30. The average Bonchev–Trinajstić information content (AvgIpc) is 3.20. The van der Waals surface area contributed by atoms with Crippen LogP contribution >= 0.6 is 34.5 Å². The molecule has 2 aromatic carbocycles. The van der Waals surface area contributed by atoms with Gasteiger partial charge in [-0.2, -0.15) is 0 Å². The summed E-state index contributed by atoms with van der Waals surface area (Å²) in [4.78, 5) is 6.87. The summed E-state index contributed by atoms with van der Waals surface area (Å²) in [6.07, 6.45) is 0.0466. The molecule has 0 bridgehead atoms. The van der Waals surface area contributed by atoms with Crippen LogP contribution in [0.2, 0.25) is 10.0 Å². The highest BCUT2D eigenvalue weighted by atomic mass is 35.5. The SMILES string of the molecule is CN(Cc1csc(-c2ccccc2)n1)C1c2cc(Cl)cc(Cl)c2CC1O. The van der Waals surface area contributed by atoms with Gasteiger partial charge < -0.3 is 5.11 Å². The molecule has 0 spiro atoms. The maximum atomic E-state index is 10.6. The van der Waals surface area contributed by atoms with E-state index in [-0.39, 0.29) is 6.04 Å². The molecule has 0 radical (unpaired) electrons. The van der Waals surface area contributed by atoms with Crippen molar-refractivity contribution in [1.82, 2.24) is 9.88 Å². The third-order valence-electron chi connectivity index (χ3n) is 4.75. The maximum Gasteiger partial charge on any atom is 0.123 e. The molecule has 0 aliphatic heterocycles. The number of aliphatic hydroxyl groups is 1. The molecular formula is C20H18Cl2N2OS. The van der Waals surface area contributed by atoms with E-state index in [1.807, 2.05) is 31.3 Å². The molecule has 1 aliphatic carbocycles. The molecular weight excluding hydrogens is 387 g/mol. The third kappa shape index (κ3) is 3.40. The van der Waals surface area contributed by atoms with Gasteiger partial charge in [-0.3, -0.25) is 4.90 Å². The van der Waals surface area contributed by atoms with Crippen molar-refractivity contribution >= 4 is 34.5 Å². The molecule has 26 heavy (non-hydrogen) atoms. The molecule has 2 unspecified atom stereocenters. The number of benzene rings is 2. The fraction of sp³-hybridized carbons (Fsp3) is 0.250. The molecule has 1 heterocycles. The van der Waals surface area contributed by atoms with Gasteiger partial charge >= 0.3 is 0 Å². The minimum absolute atomic E-state index is 0.136. The summed E-state index contributed by atoms with van der Waals surface area (Å²) in [6, 6.07) is 13.7. The smallest absolute Gasteiger partial charge is 0.123 e. The first-order valence-electron chi connectivity index (χ1n) is 8.39. The number of thiazole rings is 1. The number of aromatic nitrogens is 1. The Balaban J connectivity index is 1.56. The summed E-state index contributed by atoms with van der Waals surface area (Å²) in [5, 5.41) is 14.9. The molecule has 1 aliphatic rings. The molecule has 0 saturated carbocycles. The first kappa shape index (κ1) is 18.0. The molecule has 0 fully saturated rings. The van der Waals surface area contributed by atoms with Gasteiger partial charge in [-0.25, -0.2) is 4.98 Å². The highest BCUT2D eigenvalue weighted by molar-refractivity contribution is 7.13. The molecule has 3 nitrogen and oxygen atoms in total. The van der Waals surface area contributed by atoms with E-state index in [4.69, 9.17) is 28.2 Å². The lowest BCUT2D eigenvalue weighted by molar-refractivity contribution is 0.0719. The Morgan fingerprint density at radius 2 is 2.00 bits per heavy atom. The van der Waals surface area contributed by atoms with Crippen LogP contribution in [0.1, 0.15) is 22.9 Å². The van der Waals surface area contributed by atoms with Gasteiger partial charge in [0.1, 0.15) is 5.01 Å². The van der Waals surface area contributed by atoms with Crippen LogP contribution in [-0.2, 0) is 13.0 Å². The number of nitrogens with zero attached hydrogens (tertiary/aromatic N) is 2. The van der Waals surface area contributed by atoms with Crippen LogP contribution in [-0.4, -0.2) is 28.1 Å². The molecule has 134 valence electrons. The highest BCUT2D eigenvalue weighted by Crippen LogP contribution is 2.41. The summed E-state index contributed by atoms with van der Waals surface area (Å²) < 4.78 is 0. The average molecular weight is 405 g/mol. The molecule has 0 saturated heterocycles. The lowest BCUT2D eigenvalue weighted by atomic mass is 10.1. The summed E-state index contributed by atoms with van der Waals surface area (Å²) in [5.74, 6) is 0. The van der Waals surface area contributed by atoms with Crippen molar-refractivity contribution in [3.63, 3.8) is 0 Å². The van der Waals surface area contributed by atoms with Crippen LogP contribution in [0.3, 0.4) is 0 Å². The van der Waals surface area contributed by atoms with E-state index in [0.717, 1.165) is 27.4 Å². The summed E-state index contributed by atoms with van der Waals surface area (Å²) >= 11 is 14.1. The van der Waals surface area contributed by atoms with Crippen molar-refractivity contribution in [2.24, 2.45) is 0 Å². The number of hydrogen-bond acceptors (Lipinski definition) is 4. The topological polar surface area (TPSA) is 36.4 Å². The van der Waals surface area contributed by atoms with E-state index in [0.29, 0.717) is 23.0 Å². The predicted molar refractivity (Wildman–Crippen MR) is 108 cm³/mol. The van der Waals surface area contributed by atoms with Crippen molar-refractivity contribution in [3.8, 4) is 10.6 Å². The van der Waals surface area contributed by atoms with Crippen molar-refractivity contribution in [1.29, 1.82) is 0 Å². The summed E-state index contributed by atoms with van der Waals surface area (Å²) in [5.41, 5.74) is 4.11. The van der Waals surface area contributed by atoms with Crippen molar-refractivity contribution < 1.29 is 5.11 Å². The van der Waals surface area contributed by atoms with E-state index in [1.165, 1.54) is 0 Å². The van der Waals surface area contributed by atoms with E-state index in [9.17, 15) is 5.11 Å². The highest BCUT2D eigenvalue weighted by Gasteiger charge is 2.35. The monoisotopic (exact) mass is 404 g/mol. The fourth-order valence-corrected chi connectivity index (χ4v) is 5.01. The molecule has 2 atom stereocenters. The van der Waals surface area contributed by atoms with E-state index in [1.54, 1.807) is 17.4 Å². The zero-order valence-corrected chi connectivity index (χ0v) is 16.5. The minimum atomic E-state index is -0.502. The first-order chi connectivity index (χ1) is 12.5. The van der Waals surface area contributed by atoms with Crippen molar-refractivity contribution in [2.45, 2.75) is 25.1 Å². The Hall–Kier alpha value is -1.43. The lowest BCUT2D eigenvalue weighted by Gasteiger charge is -2.27. The second-order valence-electron chi connectivity index (χ2n) is 6.60. The van der Waals surface area contributed by atoms with Crippen LogP contribution in [0.15, 0.2) is 47.8 Å². The zero-order valence-electron chi connectivity index (χ0n) is 14.2. The van der Waals surface area contributed by atoms with E-state index in [2.05, 4.69) is 22.4 Å². The van der Waals surface area contributed by atoms with Gasteiger partial charge in [-0.1, -0.05) is 53.5 Å². The number of likely N-dealkylation sites (N-methyl/N-ethyl adjacent to an activating group) is 1. The van der Waals surface area contributed by atoms with Crippen molar-refractivity contribution in [3.05, 3.63) is 74.7 Å². The zero-order chi connectivity index (χ0) is 18.3. The van der Waals surface area contributed by atoms with Gasteiger partial charge in [0.15, 0.2) is 0 Å². The third-order valence-corrected chi connectivity index (χ3v) is 6.25. The normalized spacial score (nSPS) is 19.1. The number of rotatable bonds is 4. The Morgan fingerprint density at radius 3 is 2.77 bits per heavy atom. The van der Waals surface area contributed by atoms with Crippen LogP contribution in [0.25, 0.3) is 10.6 Å². The first-order valence-corrected chi connectivity index (χ1v) is 10.0. The number of aliphatic hydroxyl groups excluding tert-OH is 1. The largest absolute Gasteiger partial charge is 0.391 e. The molecule has 4 rings (SSSR count).